The molecule has 0 bridgehead atoms. The molecular formula is C12H16ClF3N2S. The van der Waals surface area contributed by atoms with Crippen LogP contribution in [0.2, 0.25) is 5.02 Å². The van der Waals surface area contributed by atoms with Gasteiger partial charge in [0.1, 0.15) is 0 Å². The van der Waals surface area contributed by atoms with Gasteiger partial charge in [-0.3, -0.25) is 4.90 Å². The van der Waals surface area contributed by atoms with E-state index in [2.05, 4.69) is 10.2 Å². The molecule has 1 saturated heterocycles. The third-order valence-electron chi connectivity index (χ3n) is 3.24. The molecule has 0 unspecified atom stereocenters. The topological polar surface area (TPSA) is 15.3 Å². The Hall–Kier alpha value is -0.300. The second-order valence-electron chi connectivity index (χ2n) is 4.59. The minimum absolute atomic E-state index is 0.0731. The molecule has 1 aromatic rings. The van der Waals surface area contributed by atoms with Gasteiger partial charge in [-0.25, -0.2) is 0 Å². The number of hydrogen-bond donors (Lipinski definition) is 1. The summed E-state index contributed by atoms with van der Waals surface area (Å²) in [7, 11) is 0. The summed E-state index contributed by atoms with van der Waals surface area (Å²) >= 11 is 7.53. The van der Waals surface area contributed by atoms with Gasteiger partial charge >= 0.3 is 6.18 Å². The molecule has 0 amide bonds. The second kappa shape index (κ2) is 6.43. The van der Waals surface area contributed by atoms with Crippen molar-refractivity contribution in [3.8, 4) is 0 Å². The third-order valence-corrected chi connectivity index (χ3v) is 4.70. The van der Waals surface area contributed by atoms with Crippen LogP contribution in [0.1, 0.15) is 23.8 Å². The van der Waals surface area contributed by atoms with E-state index in [0.717, 1.165) is 31.1 Å². The Morgan fingerprint density at radius 1 is 1.37 bits per heavy atom. The van der Waals surface area contributed by atoms with E-state index in [1.54, 1.807) is 6.07 Å². The lowest BCUT2D eigenvalue weighted by Gasteiger charge is -2.35. The van der Waals surface area contributed by atoms with E-state index in [9.17, 15) is 13.2 Å². The molecule has 7 heteroatoms. The molecule has 108 valence electrons. The van der Waals surface area contributed by atoms with E-state index >= 15 is 0 Å². The van der Waals surface area contributed by atoms with Crippen molar-refractivity contribution in [2.75, 3.05) is 26.2 Å². The molecule has 1 aliphatic rings. The first-order valence-corrected chi connectivity index (χ1v) is 7.47. The van der Waals surface area contributed by atoms with Gasteiger partial charge in [0.05, 0.1) is 5.02 Å². The van der Waals surface area contributed by atoms with Crippen molar-refractivity contribution in [3.63, 3.8) is 0 Å². The molecule has 2 nitrogen and oxygen atoms in total. The van der Waals surface area contributed by atoms with Gasteiger partial charge in [-0.05, 0) is 17.9 Å². The molecule has 1 N–H and O–H groups in total. The number of nitrogens with zero attached hydrogens (tertiary/aromatic N) is 1. The molecule has 1 aromatic heterocycles. The Bertz CT molecular complexity index is 402. The SMILES string of the molecule is FC(F)(F)CC[C@H](c1sccc1Cl)N1CCNCC1. The van der Waals surface area contributed by atoms with E-state index < -0.39 is 12.6 Å². The van der Waals surface area contributed by atoms with Gasteiger partial charge in [0.2, 0.25) is 0 Å². The molecule has 0 radical (unpaired) electrons. The zero-order valence-electron chi connectivity index (χ0n) is 10.3. The standard InChI is InChI=1S/C12H16ClF3N2S/c13-9-2-8-19-11(9)10(1-3-12(14,15)16)18-6-4-17-5-7-18/h2,8,10,17H,1,3-7H2/t10-/m1/s1. The minimum atomic E-state index is -4.12. The van der Waals surface area contributed by atoms with Crippen molar-refractivity contribution in [1.82, 2.24) is 10.2 Å². The van der Waals surface area contributed by atoms with Crippen LogP contribution in [0.25, 0.3) is 0 Å². The predicted molar refractivity (Wildman–Crippen MR) is 71.8 cm³/mol. The van der Waals surface area contributed by atoms with Gasteiger partial charge in [-0.1, -0.05) is 11.6 Å². The smallest absolute Gasteiger partial charge is 0.314 e. The van der Waals surface area contributed by atoms with Crippen molar-refractivity contribution in [2.45, 2.75) is 25.1 Å². The highest BCUT2D eigenvalue weighted by molar-refractivity contribution is 7.10. The Balaban J connectivity index is 2.10. The van der Waals surface area contributed by atoms with E-state index in [1.807, 2.05) is 5.38 Å². The fraction of sp³-hybridized carbons (Fsp3) is 0.667. The average molecular weight is 313 g/mol. The van der Waals surface area contributed by atoms with Gasteiger partial charge in [0.15, 0.2) is 0 Å². The molecule has 0 spiro atoms. The van der Waals surface area contributed by atoms with Crippen LogP contribution in [0.15, 0.2) is 11.4 Å². The highest BCUT2D eigenvalue weighted by atomic mass is 35.5. The number of hydrogen-bond acceptors (Lipinski definition) is 3. The molecule has 19 heavy (non-hydrogen) atoms. The molecule has 2 rings (SSSR count). The van der Waals surface area contributed by atoms with E-state index in [4.69, 9.17) is 11.6 Å². The van der Waals surface area contributed by atoms with Gasteiger partial charge in [0, 0.05) is 43.5 Å². The van der Waals surface area contributed by atoms with E-state index in [1.165, 1.54) is 11.3 Å². The summed E-state index contributed by atoms with van der Waals surface area (Å²) in [5.74, 6) is 0. The predicted octanol–water partition coefficient (Wildman–Crippen LogP) is 3.69. The molecule has 1 fully saturated rings. The van der Waals surface area contributed by atoms with Crippen molar-refractivity contribution >= 4 is 22.9 Å². The van der Waals surface area contributed by atoms with Crippen LogP contribution in [0.4, 0.5) is 13.2 Å². The Morgan fingerprint density at radius 2 is 2.05 bits per heavy atom. The molecule has 2 heterocycles. The summed E-state index contributed by atoms with van der Waals surface area (Å²) in [5.41, 5.74) is 0. The molecule has 0 aromatic carbocycles. The van der Waals surface area contributed by atoms with Crippen molar-refractivity contribution in [1.29, 1.82) is 0 Å². The first-order valence-electron chi connectivity index (χ1n) is 6.22. The van der Waals surface area contributed by atoms with Gasteiger partial charge < -0.3 is 5.32 Å². The van der Waals surface area contributed by atoms with E-state index in [0.29, 0.717) is 5.02 Å². The van der Waals surface area contributed by atoms with Crippen LogP contribution in [0, 0.1) is 0 Å². The summed E-state index contributed by atoms with van der Waals surface area (Å²) in [4.78, 5) is 2.95. The zero-order chi connectivity index (χ0) is 13.9. The van der Waals surface area contributed by atoms with Crippen LogP contribution in [-0.4, -0.2) is 37.3 Å². The molecule has 0 aliphatic carbocycles. The fourth-order valence-electron chi connectivity index (χ4n) is 2.32. The molecule has 1 aliphatic heterocycles. The lowest BCUT2D eigenvalue weighted by Crippen LogP contribution is -2.45. The maximum absolute atomic E-state index is 12.5. The number of piperazine rings is 1. The summed E-state index contributed by atoms with van der Waals surface area (Å²) in [6, 6.07) is 1.53. The highest BCUT2D eigenvalue weighted by Crippen LogP contribution is 2.37. The number of halogens is 4. The lowest BCUT2D eigenvalue weighted by atomic mass is 10.1. The highest BCUT2D eigenvalue weighted by Gasteiger charge is 2.32. The normalized spacial score (nSPS) is 19.6. The van der Waals surface area contributed by atoms with Crippen LogP contribution in [-0.2, 0) is 0 Å². The maximum Gasteiger partial charge on any atom is 0.389 e. The third kappa shape index (κ3) is 4.34. The van der Waals surface area contributed by atoms with Gasteiger partial charge in [-0.2, -0.15) is 13.2 Å². The molecule has 0 saturated carbocycles. The number of nitrogens with one attached hydrogen (secondary N) is 1. The molecule has 1 atom stereocenters. The van der Waals surface area contributed by atoms with Gasteiger partial charge in [-0.15, -0.1) is 11.3 Å². The van der Waals surface area contributed by atoms with Crippen LogP contribution in [0.5, 0.6) is 0 Å². The Labute approximate surface area is 119 Å². The maximum atomic E-state index is 12.5. The largest absolute Gasteiger partial charge is 0.389 e. The zero-order valence-corrected chi connectivity index (χ0v) is 11.9. The number of rotatable bonds is 4. The van der Waals surface area contributed by atoms with Crippen LogP contribution >= 0.6 is 22.9 Å². The minimum Gasteiger partial charge on any atom is -0.314 e. The van der Waals surface area contributed by atoms with Crippen molar-refractivity contribution in [3.05, 3.63) is 21.3 Å². The number of alkyl halides is 3. The number of thiophene rings is 1. The summed E-state index contributed by atoms with van der Waals surface area (Å²) in [6.45, 7) is 3.14. The van der Waals surface area contributed by atoms with Crippen molar-refractivity contribution < 1.29 is 13.2 Å². The van der Waals surface area contributed by atoms with Crippen molar-refractivity contribution in [2.24, 2.45) is 0 Å². The summed E-state index contributed by atoms with van der Waals surface area (Å²) in [6.07, 6.45) is -4.81. The molecular weight excluding hydrogens is 297 g/mol. The average Bonchev–Trinajstić information content (AvgIpc) is 2.76. The quantitative estimate of drug-likeness (QED) is 0.912. The van der Waals surface area contributed by atoms with Crippen LogP contribution in [0.3, 0.4) is 0 Å². The summed E-state index contributed by atoms with van der Waals surface area (Å²) < 4.78 is 37.4. The Morgan fingerprint density at radius 3 is 2.58 bits per heavy atom. The van der Waals surface area contributed by atoms with E-state index in [-0.39, 0.29) is 12.5 Å². The first-order chi connectivity index (χ1) is 8.97. The Kier molecular flexibility index (Phi) is 5.11. The lowest BCUT2D eigenvalue weighted by molar-refractivity contribution is -0.138. The van der Waals surface area contributed by atoms with Crippen LogP contribution < -0.4 is 5.32 Å². The first kappa shape index (κ1) is 15.1. The monoisotopic (exact) mass is 312 g/mol. The second-order valence-corrected chi connectivity index (χ2v) is 5.94. The van der Waals surface area contributed by atoms with Gasteiger partial charge in [0.25, 0.3) is 0 Å². The fourth-order valence-corrected chi connectivity index (χ4v) is 3.67. The summed E-state index contributed by atoms with van der Waals surface area (Å²) in [5, 5.41) is 5.62.